The molecule has 2 aromatic rings. The quantitative estimate of drug-likeness (QED) is 0.822. The maximum Gasteiger partial charge on any atom is 0.488 e. The van der Waals surface area contributed by atoms with Crippen LogP contribution in [0.1, 0.15) is 5.56 Å². The van der Waals surface area contributed by atoms with Gasteiger partial charge in [-0.2, -0.15) is 0 Å². The summed E-state index contributed by atoms with van der Waals surface area (Å²) in [6, 6.07) is 11.9. The van der Waals surface area contributed by atoms with Crippen LogP contribution in [-0.2, 0) is 6.61 Å². The number of halogens is 1. The highest BCUT2D eigenvalue weighted by Crippen LogP contribution is 2.18. The van der Waals surface area contributed by atoms with Crippen molar-refractivity contribution in [2.24, 2.45) is 0 Å². The van der Waals surface area contributed by atoms with Crippen molar-refractivity contribution >= 4 is 24.2 Å². The van der Waals surface area contributed by atoms with E-state index in [1.54, 1.807) is 49.6 Å². The Morgan fingerprint density at radius 2 is 1.70 bits per heavy atom. The van der Waals surface area contributed by atoms with E-state index in [4.69, 9.17) is 21.1 Å². The summed E-state index contributed by atoms with van der Waals surface area (Å²) in [4.78, 5) is 0. The lowest BCUT2D eigenvalue weighted by molar-refractivity contribution is 0.305. The van der Waals surface area contributed by atoms with Gasteiger partial charge < -0.3 is 19.5 Å². The highest BCUT2D eigenvalue weighted by molar-refractivity contribution is 6.59. The first-order valence-electron chi connectivity index (χ1n) is 6.01. The van der Waals surface area contributed by atoms with Gasteiger partial charge in [-0.05, 0) is 47.4 Å². The van der Waals surface area contributed by atoms with Gasteiger partial charge in [-0.25, -0.2) is 0 Å². The summed E-state index contributed by atoms with van der Waals surface area (Å²) in [5.74, 6) is 1.28. The number of benzene rings is 2. The monoisotopic (exact) mass is 292 g/mol. The minimum atomic E-state index is -1.55. The van der Waals surface area contributed by atoms with Gasteiger partial charge in [0.15, 0.2) is 0 Å². The molecule has 2 N–H and O–H groups in total. The molecule has 0 atom stereocenters. The Balaban J connectivity index is 2.16. The molecule has 0 fully saturated rings. The zero-order valence-corrected chi connectivity index (χ0v) is 11.7. The standard InChI is InChI=1S/C14H14BClO4/c1-19-13-6-7-14(15(17)18)10(8-13)9-20-12-4-2-11(16)3-5-12/h2-8,17-18H,9H2,1H3. The van der Waals surface area contributed by atoms with Crippen LogP contribution in [-0.4, -0.2) is 24.3 Å². The summed E-state index contributed by atoms with van der Waals surface area (Å²) in [6.45, 7) is 0.200. The van der Waals surface area contributed by atoms with Crippen molar-refractivity contribution in [2.75, 3.05) is 7.11 Å². The van der Waals surface area contributed by atoms with Gasteiger partial charge in [-0.1, -0.05) is 17.7 Å². The van der Waals surface area contributed by atoms with Crippen molar-refractivity contribution in [1.82, 2.24) is 0 Å². The molecule has 0 aliphatic rings. The van der Waals surface area contributed by atoms with Crippen molar-refractivity contribution in [2.45, 2.75) is 6.61 Å². The van der Waals surface area contributed by atoms with Crippen LogP contribution in [0.4, 0.5) is 0 Å². The second kappa shape index (κ2) is 6.66. The van der Waals surface area contributed by atoms with Crippen LogP contribution in [0, 0.1) is 0 Å². The lowest BCUT2D eigenvalue weighted by Crippen LogP contribution is -2.33. The first kappa shape index (κ1) is 14.7. The summed E-state index contributed by atoms with van der Waals surface area (Å²) in [6.07, 6.45) is 0. The molecular formula is C14H14BClO4. The van der Waals surface area contributed by atoms with E-state index in [0.717, 1.165) is 0 Å². The average Bonchev–Trinajstić information content (AvgIpc) is 2.46. The average molecular weight is 293 g/mol. The minimum Gasteiger partial charge on any atom is -0.497 e. The van der Waals surface area contributed by atoms with E-state index in [0.29, 0.717) is 27.5 Å². The minimum absolute atomic E-state index is 0.200. The zero-order valence-electron chi connectivity index (χ0n) is 10.9. The summed E-state index contributed by atoms with van der Waals surface area (Å²) < 4.78 is 10.7. The Bertz CT molecular complexity index is 572. The molecule has 0 saturated carbocycles. The van der Waals surface area contributed by atoms with E-state index in [-0.39, 0.29) is 6.61 Å². The summed E-state index contributed by atoms with van der Waals surface area (Å²) in [7, 11) is -0.00137. The fraction of sp³-hybridized carbons (Fsp3) is 0.143. The van der Waals surface area contributed by atoms with Crippen LogP contribution in [0.2, 0.25) is 5.02 Å². The second-order valence-electron chi connectivity index (χ2n) is 4.18. The van der Waals surface area contributed by atoms with Gasteiger partial charge in [0.05, 0.1) is 7.11 Å². The van der Waals surface area contributed by atoms with E-state index in [1.165, 1.54) is 0 Å². The molecule has 0 aromatic heterocycles. The number of hydrogen-bond donors (Lipinski definition) is 2. The van der Waals surface area contributed by atoms with Gasteiger partial charge in [0.1, 0.15) is 18.1 Å². The molecule has 20 heavy (non-hydrogen) atoms. The molecule has 0 saturated heterocycles. The van der Waals surface area contributed by atoms with Crippen molar-refractivity contribution in [3.8, 4) is 11.5 Å². The first-order chi connectivity index (χ1) is 9.60. The smallest absolute Gasteiger partial charge is 0.488 e. The Morgan fingerprint density at radius 1 is 1.05 bits per heavy atom. The summed E-state index contributed by atoms with van der Waals surface area (Å²) >= 11 is 5.80. The Hall–Kier alpha value is -1.69. The Morgan fingerprint density at radius 3 is 2.30 bits per heavy atom. The third-order valence-corrected chi connectivity index (χ3v) is 3.09. The third kappa shape index (κ3) is 3.66. The molecule has 104 valence electrons. The molecule has 0 aliphatic carbocycles. The molecule has 0 radical (unpaired) electrons. The molecule has 0 aliphatic heterocycles. The van der Waals surface area contributed by atoms with E-state index >= 15 is 0 Å². The topological polar surface area (TPSA) is 58.9 Å². The van der Waals surface area contributed by atoms with Crippen molar-refractivity contribution < 1.29 is 19.5 Å². The van der Waals surface area contributed by atoms with E-state index in [2.05, 4.69) is 0 Å². The molecule has 0 spiro atoms. The van der Waals surface area contributed by atoms with Gasteiger partial charge in [0.2, 0.25) is 0 Å². The fourth-order valence-corrected chi connectivity index (χ4v) is 1.90. The maximum absolute atomic E-state index is 9.34. The van der Waals surface area contributed by atoms with Gasteiger partial charge in [-0.15, -0.1) is 0 Å². The molecule has 0 unspecified atom stereocenters. The normalized spacial score (nSPS) is 10.2. The number of ether oxygens (including phenoxy) is 2. The lowest BCUT2D eigenvalue weighted by atomic mass is 9.77. The molecule has 2 aromatic carbocycles. The first-order valence-corrected chi connectivity index (χ1v) is 6.39. The number of hydrogen-bond acceptors (Lipinski definition) is 4. The van der Waals surface area contributed by atoms with Crippen LogP contribution in [0.25, 0.3) is 0 Å². The summed E-state index contributed by atoms with van der Waals surface area (Å²) in [5, 5.41) is 19.3. The van der Waals surface area contributed by atoms with Crippen LogP contribution in [0.5, 0.6) is 11.5 Å². The van der Waals surface area contributed by atoms with Crippen molar-refractivity contribution in [1.29, 1.82) is 0 Å². The van der Waals surface area contributed by atoms with Crippen LogP contribution < -0.4 is 14.9 Å². The Labute approximate surface area is 122 Å². The molecule has 2 rings (SSSR count). The SMILES string of the molecule is COc1ccc(B(O)O)c(COc2ccc(Cl)cc2)c1. The van der Waals surface area contributed by atoms with Crippen LogP contribution in [0.3, 0.4) is 0 Å². The van der Waals surface area contributed by atoms with Gasteiger partial charge in [-0.3, -0.25) is 0 Å². The largest absolute Gasteiger partial charge is 0.497 e. The van der Waals surface area contributed by atoms with Gasteiger partial charge in [0.25, 0.3) is 0 Å². The lowest BCUT2D eigenvalue weighted by Gasteiger charge is -2.12. The fourth-order valence-electron chi connectivity index (χ4n) is 1.78. The van der Waals surface area contributed by atoms with E-state index in [9.17, 15) is 10.0 Å². The highest BCUT2D eigenvalue weighted by Gasteiger charge is 2.17. The predicted octanol–water partition coefficient (Wildman–Crippen LogP) is 1.61. The molecule has 0 bridgehead atoms. The number of rotatable bonds is 5. The molecule has 0 amide bonds. The van der Waals surface area contributed by atoms with Crippen LogP contribution >= 0.6 is 11.6 Å². The van der Waals surface area contributed by atoms with Crippen molar-refractivity contribution in [3.05, 3.63) is 53.1 Å². The number of methoxy groups -OCH3 is 1. The van der Waals surface area contributed by atoms with Crippen LogP contribution in [0.15, 0.2) is 42.5 Å². The maximum atomic E-state index is 9.34. The van der Waals surface area contributed by atoms with Gasteiger partial charge >= 0.3 is 7.12 Å². The second-order valence-corrected chi connectivity index (χ2v) is 4.62. The highest BCUT2D eigenvalue weighted by atomic mass is 35.5. The van der Waals surface area contributed by atoms with E-state index in [1.807, 2.05) is 0 Å². The Kier molecular flexibility index (Phi) is 4.90. The molecule has 4 nitrogen and oxygen atoms in total. The molecule has 0 heterocycles. The zero-order chi connectivity index (χ0) is 14.5. The molecular weight excluding hydrogens is 278 g/mol. The molecule has 6 heteroatoms. The summed E-state index contributed by atoms with van der Waals surface area (Å²) in [5.41, 5.74) is 1.04. The van der Waals surface area contributed by atoms with Crippen molar-refractivity contribution in [3.63, 3.8) is 0 Å². The van der Waals surface area contributed by atoms with Gasteiger partial charge in [0, 0.05) is 5.02 Å². The van der Waals surface area contributed by atoms with E-state index < -0.39 is 7.12 Å². The predicted molar refractivity (Wildman–Crippen MR) is 78.6 cm³/mol. The third-order valence-electron chi connectivity index (χ3n) is 2.84.